The summed E-state index contributed by atoms with van der Waals surface area (Å²) in [6, 6.07) is 0.542. The van der Waals surface area contributed by atoms with Gasteiger partial charge in [0.1, 0.15) is 5.82 Å². The summed E-state index contributed by atoms with van der Waals surface area (Å²) in [5, 5.41) is 3.58. The summed E-state index contributed by atoms with van der Waals surface area (Å²) in [5.41, 5.74) is 0. The van der Waals surface area contributed by atoms with Crippen molar-refractivity contribution in [3.8, 4) is 0 Å². The average molecular weight is 221 g/mol. The Hall–Kier alpha value is -0.870. The van der Waals surface area contributed by atoms with Crippen LogP contribution < -0.4 is 5.32 Å². The zero-order chi connectivity index (χ0) is 11.0. The Balaban J connectivity index is 1.57. The molecule has 0 saturated carbocycles. The van der Waals surface area contributed by atoms with Crippen LogP contribution in [0.1, 0.15) is 32.0 Å². The Morgan fingerprint density at radius 2 is 2.50 bits per heavy atom. The molecule has 1 N–H and O–H groups in total. The molecule has 0 radical (unpaired) electrons. The van der Waals surface area contributed by atoms with E-state index in [9.17, 15) is 0 Å². The second kappa shape index (κ2) is 4.18. The maximum atomic E-state index is 5.82. The number of hydrogen-bond donors (Lipinski definition) is 1. The first-order valence-corrected chi connectivity index (χ1v) is 6.25. The van der Waals surface area contributed by atoms with Crippen LogP contribution in [0.3, 0.4) is 0 Å². The van der Waals surface area contributed by atoms with Gasteiger partial charge in [0, 0.05) is 25.0 Å². The number of aromatic nitrogens is 2. The van der Waals surface area contributed by atoms with Crippen LogP contribution in [0.5, 0.6) is 0 Å². The minimum atomic E-state index is 0.454. The van der Waals surface area contributed by atoms with Crippen molar-refractivity contribution < 1.29 is 4.74 Å². The molecule has 3 unspecified atom stereocenters. The van der Waals surface area contributed by atoms with Crippen LogP contribution in [-0.4, -0.2) is 27.8 Å². The number of imidazole rings is 1. The van der Waals surface area contributed by atoms with Crippen LogP contribution in [0, 0.1) is 0 Å². The standard InChI is InChI=1S/C12H19N3O/c1-2-15-6-5-13-12(15)8-14-10-7-9-3-4-11(10)16-9/h5-6,9-11,14H,2-4,7-8H2,1H3. The van der Waals surface area contributed by atoms with Gasteiger partial charge in [-0.25, -0.2) is 4.98 Å². The molecule has 88 valence electrons. The second-order valence-electron chi connectivity index (χ2n) is 4.73. The van der Waals surface area contributed by atoms with E-state index in [2.05, 4.69) is 21.8 Å². The van der Waals surface area contributed by atoms with E-state index in [1.165, 1.54) is 19.3 Å². The molecule has 0 amide bonds. The monoisotopic (exact) mass is 221 g/mol. The van der Waals surface area contributed by atoms with Crippen molar-refractivity contribution in [1.82, 2.24) is 14.9 Å². The fourth-order valence-corrected chi connectivity index (χ4v) is 2.87. The quantitative estimate of drug-likeness (QED) is 0.833. The Bertz CT molecular complexity index is 363. The van der Waals surface area contributed by atoms with Crippen molar-refractivity contribution in [3.05, 3.63) is 18.2 Å². The van der Waals surface area contributed by atoms with E-state index < -0.39 is 0 Å². The first-order valence-electron chi connectivity index (χ1n) is 6.25. The van der Waals surface area contributed by atoms with Crippen molar-refractivity contribution in [1.29, 1.82) is 0 Å². The van der Waals surface area contributed by atoms with E-state index in [1.54, 1.807) is 0 Å². The number of nitrogens with zero attached hydrogens (tertiary/aromatic N) is 2. The smallest absolute Gasteiger partial charge is 0.122 e. The minimum absolute atomic E-state index is 0.454. The van der Waals surface area contributed by atoms with Crippen molar-refractivity contribution in [2.45, 2.75) is 57.5 Å². The number of fused-ring (bicyclic) bond motifs is 2. The lowest BCUT2D eigenvalue weighted by Gasteiger charge is -2.20. The summed E-state index contributed by atoms with van der Waals surface area (Å²) < 4.78 is 8.00. The van der Waals surface area contributed by atoms with Crippen molar-refractivity contribution in [2.24, 2.45) is 0 Å². The molecule has 4 nitrogen and oxygen atoms in total. The fourth-order valence-electron chi connectivity index (χ4n) is 2.87. The third-order valence-corrected chi connectivity index (χ3v) is 3.77. The molecule has 3 rings (SSSR count). The highest BCUT2D eigenvalue weighted by molar-refractivity contribution is 4.97. The van der Waals surface area contributed by atoms with Gasteiger partial charge in [0.15, 0.2) is 0 Å². The molecule has 2 bridgehead atoms. The zero-order valence-corrected chi connectivity index (χ0v) is 9.72. The van der Waals surface area contributed by atoms with E-state index in [0.29, 0.717) is 18.2 Å². The van der Waals surface area contributed by atoms with Crippen LogP contribution in [0.4, 0.5) is 0 Å². The maximum Gasteiger partial charge on any atom is 0.122 e. The lowest BCUT2D eigenvalue weighted by atomic mass is 9.95. The number of hydrogen-bond acceptors (Lipinski definition) is 3. The van der Waals surface area contributed by atoms with E-state index in [0.717, 1.165) is 18.9 Å². The number of nitrogens with one attached hydrogen (secondary N) is 1. The van der Waals surface area contributed by atoms with Gasteiger partial charge in [-0.2, -0.15) is 0 Å². The number of rotatable bonds is 4. The van der Waals surface area contributed by atoms with Crippen molar-refractivity contribution in [3.63, 3.8) is 0 Å². The summed E-state index contributed by atoms with van der Waals surface area (Å²) in [6.07, 6.45) is 8.55. The molecule has 2 aliphatic heterocycles. The normalized spacial score (nSPS) is 32.4. The molecule has 2 aliphatic rings. The van der Waals surface area contributed by atoms with E-state index in [4.69, 9.17) is 4.74 Å². The van der Waals surface area contributed by atoms with Gasteiger partial charge in [0.2, 0.25) is 0 Å². The van der Waals surface area contributed by atoms with Gasteiger partial charge in [-0.05, 0) is 26.2 Å². The maximum absolute atomic E-state index is 5.82. The molecule has 16 heavy (non-hydrogen) atoms. The van der Waals surface area contributed by atoms with Crippen LogP contribution >= 0.6 is 0 Å². The molecular formula is C12H19N3O. The summed E-state index contributed by atoms with van der Waals surface area (Å²) >= 11 is 0. The molecule has 2 saturated heterocycles. The molecule has 1 aromatic rings. The van der Waals surface area contributed by atoms with Crippen LogP contribution in [0.25, 0.3) is 0 Å². The van der Waals surface area contributed by atoms with Gasteiger partial charge in [-0.3, -0.25) is 0 Å². The molecular weight excluding hydrogens is 202 g/mol. The summed E-state index contributed by atoms with van der Waals surface area (Å²) in [6.45, 7) is 3.99. The molecule has 1 aromatic heterocycles. The highest BCUT2D eigenvalue weighted by Gasteiger charge is 2.40. The van der Waals surface area contributed by atoms with E-state index in [1.807, 2.05) is 12.4 Å². The number of aryl methyl sites for hydroxylation is 1. The van der Waals surface area contributed by atoms with Gasteiger partial charge >= 0.3 is 0 Å². The lowest BCUT2D eigenvalue weighted by Crippen LogP contribution is -2.37. The summed E-state index contributed by atoms with van der Waals surface area (Å²) in [5.74, 6) is 1.13. The van der Waals surface area contributed by atoms with Gasteiger partial charge in [0.05, 0.1) is 18.8 Å². The Morgan fingerprint density at radius 1 is 1.56 bits per heavy atom. The molecule has 3 heterocycles. The fraction of sp³-hybridized carbons (Fsp3) is 0.750. The predicted molar refractivity (Wildman–Crippen MR) is 61.0 cm³/mol. The third-order valence-electron chi connectivity index (χ3n) is 3.77. The molecule has 0 aromatic carbocycles. The first kappa shape index (κ1) is 10.3. The minimum Gasteiger partial charge on any atom is -0.373 e. The number of ether oxygens (including phenoxy) is 1. The summed E-state index contributed by atoms with van der Waals surface area (Å²) in [4.78, 5) is 4.37. The average Bonchev–Trinajstić information content (AvgIpc) is 3.01. The Labute approximate surface area is 96.0 Å². The zero-order valence-electron chi connectivity index (χ0n) is 9.72. The summed E-state index contributed by atoms with van der Waals surface area (Å²) in [7, 11) is 0. The second-order valence-corrected chi connectivity index (χ2v) is 4.73. The van der Waals surface area contributed by atoms with Gasteiger partial charge in [0.25, 0.3) is 0 Å². The third kappa shape index (κ3) is 1.76. The van der Waals surface area contributed by atoms with Crippen LogP contribution in [0.15, 0.2) is 12.4 Å². The highest BCUT2D eigenvalue weighted by atomic mass is 16.5. The largest absolute Gasteiger partial charge is 0.373 e. The van der Waals surface area contributed by atoms with Gasteiger partial charge in [-0.1, -0.05) is 0 Å². The SMILES string of the molecule is CCn1ccnc1CNC1CC2CCC1O2. The van der Waals surface area contributed by atoms with E-state index in [-0.39, 0.29) is 0 Å². The molecule has 0 spiro atoms. The predicted octanol–water partition coefficient (Wildman–Crippen LogP) is 1.31. The molecule has 0 aliphatic carbocycles. The molecule has 2 fully saturated rings. The van der Waals surface area contributed by atoms with Crippen molar-refractivity contribution >= 4 is 0 Å². The van der Waals surface area contributed by atoms with E-state index >= 15 is 0 Å². The highest BCUT2D eigenvalue weighted by Crippen LogP contribution is 2.34. The van der Waals surface area contributed by atoms with Crippen LogP contribution in [0.2, 0.25) is 0 Å². The topological polar surface area (TPSA) is 39.1 Å². The van der Waals surface area contributed by atoms with Gasteiger partial charge in [-0.15, -0.1) is 0 Å². The van der Waals surface area contributed by atoms with Gasteiger partial charge < -0.3 is 14.6 Å². The van der Waals surface area contributed by atoms with Crippen molar-refractivity contribution in [2.75, 3.05) is 0 Å². The Kier molecular flexibility index (Phi) is 2.69. The molecule has 3 atom stereocenters. The van der Waals surface area contributed by atoms with Crippen LogP contribution in [-0.2, 0) is 17.8 Å². The first-order chi connectivity index (χ1) is 7.86. The molecule has 4 heteroatoms. The Morgan fingerprint density at radius 3 is 3.19 bits per heavy atom. The lowest BCUT2D eigenvalue weighted by molar-refractivity contribution is 0.0971.